The minimum absolute atomic E-state index is 0.0892. The molecule has 0 atom stereocenters. The lowest BCUT2D eigenvalue weighted by molar-refractivity contribution is -0.165. The van der Waals surface area contributed by atoms with Crippen LogP contribution in [0.5, 0.6) is 5.75 Å². The summed E-state index contributed by atoms with van der Waals surface area (Å²) in [5.74, 6) is -2.37. The van der Waals surface area contributed by atoms with Gasteiger partial charge in [-0.15, -0.1) is 0 Å². The molecule has 0 aromatic heterocycles. The number of rotatable bonds is 6. The van der Waals surface area contributed by atoms with Gasteiger partial charge in [0, 0.05) is 11.8 Å². The molecule has 0 saturated carbocycles. The van der Waals surface area contributed by atoms with Crippen LogP contribution in [-0.4, -0.2) is 29.9 Å². The summed E-state index contributed by atoms with van der Waals surface area (Å²) in [6.07, 6.45) is -4.42. The predicted molar refractivity (Wildman–Crippen MR) is 97.6 cm³/mol. The lowest BCUT2D eigenvalue weighted by atomic mass is 10.0. The van der Waals surface area contributed by atoms with Crippen LogP contribution >= 0.6 is 0 Å². The molecule has 0 radical (unpaired) electrons. The molecule has 1 N–H and O–H groups in total. The minimum atomic E-state index is -5.14. The Labute approximate surface area is 154 Å². The largest absolute Gasteiger partial charge is 0.506 e. The Balaban J connectivity index is 2.42. The molecule has 0 bridgehead atoms. The second-order valence-corrected chi connectivity index (χ2v) is 5.64. The average molecular weight is 377 g/mol. The number of carbonyl (C=O) groups is 1. The Hall–Kier alpha value is -3.09. The van der Waals surface area contributed by atoms with E-state index in [2.05, 4.69) is 4.99 Å². The molecule has 0 heterocycles. The zero-order chi connectivity index (χ0) is 20.0. The zero-order valence-corrected chi connectivity index (χ0v) is 14.7. The van der Waals surface area contributed by atoms with Crippen molar-refractivity contribution in [2.45, 2.75) is 20.0 Å². The average Bonchev–Trinajstić information content (AvgIpc) is 2.63. The van der Waals surface area contributed by atoms with Crippen LogP contribution in [0, 0.1) is 6.92 Å². The zero-order valence-electron chi connectivity index (χ0n) is 14.7. The Kier molecular flexibility index (Phi) is 6.39. The first kappa shape index (κ1) is 20.2. The SMILES string of the molecule is CCOc1ccc(N=C/C(C(=O)C(F)(F)F)=C(/O)c2ccc(C)cc2)cc1. The van der Waals surface area contributed by atoms with E-state index in [9.17, 15) is 23.1 Å². The highest BCUT2D eigenvalue weighted by molar-refractivity contribution is 6.20. The van der Waals surface area contributed by atoms with Gasteiger partial charge in [-0.05, 0) is 38.1 Å². The van der Waals surface area contributed by atoms with Crippen molar-refractivity contribution in [3.05, 3.63) is 65.2 Å². The molecule has 0 spiro atoms. The van der Waals surface area contributed by atoms with Gasteiger partial charge in [0.05, 0.1) is 17.9 Å². The smallest absolute Gasteiger partial charge is 0.455 e. The Morgan fingerprint density at radius 2 is 1.70 bits per heavy atom. The summed E-state index contributed by atoms with van der Waals surface area (Å²) >= 11 is 0. The van der Waals surface area contributed by atoms with E-state index in [-0.39, 0.29) is 5.56 Å². The number of halogens is 3. The van der Waals surface area contributed by atoms with Crippen LogP contribution in [0.4, 0.5) is 18.9 Å². The van der Waals surface area contributed by atoms with E-state index in [1.807, 2.05) is 6.92 Å². The number of benzene rings is 2. The molecule has 4 nitrogen and oxygen atoms in total. The Morgan fingerprint density at radius 3 is 2.22 bits per heavy atom. The van der Waals surface area contributed by atoms with E-state index >= 15 is 0 Å². The van der Waals surface area contributed by atoms with Crippen molar-refractivity contribution < 1.29 is 27.8 Å². The first-order valence-electron chi connectivity index (χ1n) is 8.11. The predicted octanol–water partition coefficient (Wildman–Crippen LogP) is 5.20. The maximum atomic E-state index is 12.9. The highest BCUT2D eigenvalue weighted by Crippen LogP contribution is 2.26. The van der Waals surface area contributed by atoms with Gasteiger partial charge in [0.25, 0.3) is 5.78 Å². The van der Waals surface area contributed by atoms with E-state index < -0.39 is 23.3 Å². The van der Waals surface area contributed by atoms with Crippen molar-refractivity contribution in [2.24, 2.45) is 4.99 Å². The van der Waals surface area contributed by atoms with Crippen LogP contribution in [0.2, 0.25) is 0 Å². The van der Waals surface area contributed by atoms with E-state index in [0.29, 0.717) is 18.0 Å². The number of hydrogen-bond donors (Lipinski definition) is 1. The lowest BCUT2D eigenvalue weighted by Gasteiger charge is -2.09. The number of aliphatic imine (C=N–C) groups is 1. The quantitative estimate of drug-likeness (QED) is 0.428. The molecular weight excluding hydrogens is 359 g/mol. The molecule has 2 rings (SSSR count). The Bertz CT molecular complexity index is 852. The topological polar surface area (TPSA) is 58.9 Å². The highest BCUT2D eigenvalue weighted by Gasteiger charge is 2.41. The highest BCUT2D eigenvalue weighted by atomic mass is 19.4. The fraction of sp³-hybridized carbons (Fsp3) is 0.200. The standard InChI is InChI=1S/C20H18F3NO3/c1-3-27-16-10-8-15(9-11-16)24-12-17(19(26)20(21,22)23)18(25)14-6-4-13(2)5-7-14/h4-12,25H,3H2,1-2H3/b18-17-,24-12?. The van der Waals surface area contributed by atoms with E-state index in [0.717, 1.165) is 11.8 Å². The van der Waals surface area contributed by atoms with Crippen LogP contribution in [0.3, 0.4) is 0 Å². The maximum Gasteiger partial charge on any atom is 0.455 e. The summed E-state index contributed by atoms with van der Waals surface area (Å²) in [4.78, 5) is 15.6. The lowest BCUT2D eigenvalue weighted by Crippen LogP contribution is -2.26. The normalized spacial score (nSPS) is 12.8. The molecule has 2 aromatic rings. The van der Waals surface area contributed by atoms with Crippen molar-refractivity contribution in [3.8, 4) is 5.75 Å². The van der Waals surface area contributed by atoms with Crippen LogP contribution in [0.15, 0.2) is 59.1 Å². The summed E-state index contributed by atoms with van der Waals surface area (Å²) in [7, 11) is 0. The number of ketones is 1. The van der Waals surface area contributed by atoms with Crippen LogP contribution < -0.4 is 4.74 Å². The second-order valence-electron chi connectivity index (χ2n) is 5.64. The summed E-state index contributed by atoms with van der Waals surface area (Å²) in [6, 6.07) is 12.4. The third-order valence-electron chi connectivity index (χ3n) is 3.57. The summed E-state index contributed by atoms with van der Waals surface area (Å²) in [6.45, 7) is 4.08. The van der Waals surface area contributed by atoms with Gasteiger partial charge in [-0.1, -0.05) is 29.8 Å². The molecule has 142 valence electrons. The van der Waals surface area contributed by atoms with Crippen LogP contribution in [0.1, 0.15) is 18.1 Å². The summed E-state index contributed by atoms with van der Waals surface area (Å²) in [5, 5.41) is 10.2. The van der Waals surface area contributed by atoms with Crippen molar-refractivity contribution in [3.63, 3.8) is 0 Å². The van der Waals surface area contributed by atoms with Crippen molar-refractivity contribution in [2.75, 3.05) is 6.61 Å². The van der Waals surface area contributed by atoms with Crippen molar-refractivity contribution in [1.82, 2.24) is 0 Å². The van der Waals surface area contributed by atoms with Crippen LogP contribution in [0.25, 0.3) is 5.76 Å². The van der Waals surface area contributed by atoms with E-state index in [1.165, 1.54) is 24.3 Å². The molecule has 0 aliphatic heterocycles. The van der Waals surface area contributed by atoms with Gasteiger partial charge in [-0.25, -0.2) is 0 Å². The minimum Gasteiger partial charge on any atom is -0.506 e. The second kappa shape index (κ2) is 8.53. The number of nitrogens with zero attached hydrogens (tertiary/aromatic N) is 1. The molecule has 27 heavy (non-hydrogen) atoms. The third kappa shape index (κ3) is 5.44. The molecule has 0 fully saturated rings. The molecular formula is C20H18F3NO3. The number of aliphatic hydroxyl groups excluding tert-OH is 1. The van der Waals surface area contributed by atoms with Gasteiger partial charge in [0.1, 0.15) is 11.5 Å². The molecule has 0 unspecified atom stereocenters. The maximum absolute atomic E-state index is 12.9. The number of carbonyl (C=O) groups excluding carboxylic acids is 1. The first-order chi connectivity index (χ1) is 12.7. The van der Waals surface area contributed by atoms with E-state index in [1.54, 1.807) is 31.2 Å². The van der Waals surface area contributed by atoms with Gasteiger partial charge >= 0.3 is 6.18 Å². The van der Waals surface area contributed by atoms with Gasteiger partial charge < -0.3 is 9.84 Å². The monoisotopic (exact) mass is 377 g/mol. The number of allylic oxidation sites excluding steroid dienone is 1. The van der Waals surface area contributed by atoms with E-state index in [4.69, 9.17) is 4.74 Å². The summed E-state index contributed by atoms with van der Waals surface area (Å²) < 4.78 is 44.1. The number of Topliss-reactive ketones (excluding diaryl/α,β-unsaturated/α-hetero) is 1. The fourth-order valence-corrected chi connectivity index (χ4v) is 2.18. The van der Waals surface area contributed by atoms with Gasteiger partial charge in [0.2, 0.25) is 0 Å². The molecule has 0 aliphatic carbocycles. The van der Waals surface area contributed by atoms with Crippen molar-refractivity contribution in [1.29, 1.82) is 0 Å². The molecule has 2 aromatic carbocycles. The number of aliphatic hydroxyl groups is 1. The summed E-state index contributed by atoms with van der Waals surface area (Å²) in [5.41, 5.74) is 0.326. The molecule has 0 amide bonds. The Morgan fingerprint density at radius 1 is 1.11 bits per heavy atom. The molecule has 0 saturated heterocycles. The molecule has 7 heteroatoms. The van der Waals surface area contributed by atoms with Gasteiger partial charge in [-0.3, -0.25) is 9.79 Å². The number of alkyl halides is 3. The van der Waals surface area contributed by atoms with Gasteiger partial charge in [-0.2, -0.15) is 13.2 Å². The first-order valence-corrected chi connectivity index (χ1v) is 8.11. The van der Waals surface area contributed by atoms with Gasteiger partial charge in [0.15, 0.2) is 0 Å². The van der Waals surface area contributed by atoms with Crippen LogP contribution in [-0.2, 0) is 4.79 Å². The molecule has 0 aliphatic rings. The third-order valence-corrected chi connectivity index (χ3v) is 3.57. The number of ether oxygens (including phenoxy) is 1. The number of aryl methyl sites for hydroxylation is 1. The fourth-order valence-electron chi connectivity index (χ4n) is 2.18. The number of hydrogen-bond acceptors (Lipinski definition) is 4. The van der Waals surface area contributed by atoms with Crippen molar-refractivity contribution >= 4 is 23.4 Å².